The van der Waals surface area contributed by atoms with Crippen LogP contribution < -0.4 is 0 Å². The highest BCUT2D eigenvalue weighted by Crippen LogP contribution is 2.51. The van der Waals surface area contributed by atoms with Crippen LogP contribution in [0.4, 0.5) is 0 Å². The molecule has 0 bridgehead atoms. The third-order valence-corrected chi connectivity index (χ3v) is 6.24. The number of hydrogen-bond donors (Lipinski definition) is 1. The summed E-state index contributed by atoms with van der Waals surface area (Å²) < 4.78 is 14.4. The van der Waals surface area contributed by atoms with E-state index >= 15 is 0 Å². The fourth-order valence-electron chi connectivity index (χ4n) is 4.89. The van der Waals surface area contributed by atoms with E-state index in [-0.39, 0.29) is 0 Å². The SMILES string of the molecule is COC(OC)(C(O)Cn1cccc1)C(c1ccccc1)(c1ccccc1)c1ccccc1. The van der Waals surface area contributed by atoms with Crippen LogP contribution in [-0.2, 0) is 21.4 Å². The van der Waals surface area contributed by atoms with Crippen molar-refractivity contribution in [2.75, 3.05) is 14.2 Å². The number of methoxy groups -OCH3 is 2. The molecular weight excluding hydrogens is 398 g/mol. The molecule has 0 radical (unpaired) electrons. The van der Waals surface area contributed by atoms with Crippen LogP contribution in [-0.4, -0.2) is 35.8 Å². The Morgan fingerprint density at radius 2 is 1.03 bits per heavy atom. The molecule has 0 spiro atoms. The van der Waals surface area contributed by atoms with Gasteiger partial charge in [0.25, 0.3) is 0 Å². The van der Waals surface area contributed by atoms with Crippen LogP contribution in [0.2, 0.25) is 0 Å². The average Bonchev–Trinajstić information content (AvgIpc) is 3.37. The number of aromatic nitrogens is 1. The van der Waals surface area contributed by atoms with E-state index in [2.05, 4.69) is 36.4 Å². The normalized spacial score (nSPS) is 13.1. The van der Waals surface area contributed by atoms with Crippen LogP contribution in [0.25, 0.3) is 0 Å². The molecule has 1 unspecified atom stereocenters. The topological polar surface area (TPSA) is 43.6 Å². The first-order valence-corrected chi connectivity index (χ1v) is 10.7. The maximum atomic E-state index is 11.8. The molecule has 32 heavy (non-hydrogen) atoms. The lowest BCUT2D eigenvalue weighted by Gasteiger charge is -2.51. The Labute approximate surface area is 189 Å². The van der Waals surface area contributed by atoms with Gasteiger partial charge in [-0.3, -0.25) is 0 Å². The first-order valence-electron chi connectivity index (χ1n) is 10.7. The van der Waals surface area contributed by atoms with Crippen LogP contribution >= 0.6 is 0 Å². The van der Waals surface area contributed by atoms with E-state index in [0.717, 1.165) is 16.7 Å². The standard InChI is InChI=1S/C28H29NO3/c1-31-28(32-2,26(30)22-29-20-12-13-21-29)27(23-14-6-3-7-15-23,24-16-8-4-9-17-24)25-18-10-5-11-19-25/h3-21,26,30H,22H2,1-2H3. The van der Waals surface area contributed by atoms with Gasteiger partial charge in [0.15, 0.2) is 0 Å². The molecule has 4 nitrogen and oxygen atoms in total. The molecule has 1 atom stereocenters. The van der Waals surface area contributed by atoms with E-state index < -0.39 is 17.3 Å². The quantitative estimate of drug-likeness (QED) is 0.306. The summed E-state index contributed by atoms with van der Waals surface area (Å²) in [4.78, 5) is 0. The lowest BCUT2D eigenvalue weighted by atomic mass is 9.62. The Balaban J connectivity index is 2.07. The van der Waals surface area contributed by atoms with Gasteiger partial charge in [-0.15, -0.1) is 0 Å². The Hall–Kier alpha value is -3.18. The largest absolute Gasteiger partial charge is 0.386 e. The predicted molar refractivity (Wildman–Crippen MR) is 126 cm³/mol. The highest BCUT2D eigenvalue weighted by molar-refractivity contribution is 5.54. The van der Waals surface area contributed by atoms with Crippen molar-refractivity contribution in [3.8, 4) is 0 Å². The van der Waals surface area contributed by atoms with Gasteiger partial charge < -0.3 is 19.1 Å². The highest BCUT2D eigenvalue weighted by atomic mass is 16.7. The summed E-state index contributed by atoms with van der Waals surface area (Å²) in [5.74, 6) is -1.43. The highest BCUT2D eigenvalue weighted by Gasteiger charge is 2.60. The van der Waals surface area contributed by atoms with E-state index in [0.29, 0.717) is 6.54 Å². The number of ether oxygens (including phenoxy) is 2. The van der Waals surface area contributed by atoms with Gasteiger partial charge in [0.05, 0.1) is 6.54 Å². The second-order valence-electron chi connectivity index (χ2n) is 7.82. The van der Waals surface area contributed by atoms with Crippen molar-refractivity contribution in [1.82, 2.24) is 4.57 Å². The molecule has 0 aliphatic heterocycles. The van der Waals surface area contributed by atoms with Gasteiger partial charge in [-0.05, 0) is 28.8 Å². The Morgan fingerprint density at radius 3 is 1.38 bits per heavy atom. The summed E-state index contributed by atoms with van der Waals surface area (Å²) >= 11 is 0. The number of rotatable bonds is 9. The lowest BCUT2D eigenvalue weighted by molar-refractivity contribution is -0.285. The fourth-order valence-corrected chi connectivity index (χ4v) is 4.89. The average molecular weight is 428 g/mol. The zero-order valence-electron chi connectivity index (χ0n) is 18.5. The molecule has 1 heterocycles. The Bertz CT molecular complexity index is 979. The minimum Gasteiger partial charge on any atom is -0.386 e. The van der Waals surface area contributed by atoms with Crippen LogP contribution in [0.15, 0.2) is 116 Å². The van der Waals surface area contributed by atoms with Crippen molar-refractivity contribution in [3.05, 3.63) is 132 Å². The third-order valence-electron chi connectivity index (χ3n) is 6.24. The van der Waals surface area contributed by atoms with Crippen molar-refractivity contribution in [2.24, 2.45) is 0 Å². The first-order chi connectivity index (χ1) is 15.7. The van der Waals surface area contributed by atoms with E-state index in [1.165, 1.54) is 0 Å². The molecule has 3 aromatic carbocycles. The fraction of sp³-hybridized carbons (Fsp3) is 0.214. The smallest absolute Gasteiger partial charge is 0.214 e. The molecule has 164 valence electrons. The Morgan fingerprint density at radius 1 is 0.656 bits per heavy atom. The molecule has 1 aromatic heterocycles. The van der Waals surface area contributed by atoms with Crippen molar-refractivity contribution < 1.29 is 14.6 Å². The maximum Gasteiger partial charge on any atom is 0.214 e. The van der Waals surface area contributed by atoms with E-state index in [1.54, 1.807) is 14.2 Å². The van der Waals surface area contributed by atoms with Gasteiger partial charge in [-0.25, -0.2) is 0 Å². The van der Waals surface area contributed by atoms with Crippen molar-refractivity contribution in [1.29, 1.82) is 0 Å². The third kappa shape index (κ3) is 3.56. The van der Waals surface area contributed by atoms with Gasteiger partial charge in [0.1, 0.15) is 11.5 Å². The minimum atomic E-state index is -1.43. The van der Waals surface area contributed by atoms with E-state index in [4.69, 9.17) is 9.47 Å². The zero-order valence-corrected chi connectivity index (χ0v) is 18.5. The molecule has 0 aliphatic rings. The van der Waals surface area contributed by atoms with Crippen LogP contribution in [0.5, 0.6) is 0 Å². The lowest BCUT2D eigenvalue weighted by Crippen LogP contribution is -2.63. The van der Waals surface area contributed by atoms with Gasteiger partial charge >= 0.3 is 0 Å². The van der Waals surface area contributed by atoms with Gasteiger partial charge in [0, 0.05) is 26.6 Å². The van der Waals surface area contributed by atoms with Crippen molar-refractivity contribution >= 4 is 0 Å². The van der Waals surface area contributed by atoms with Crippen LogP contribution in [0.3, 0.4) is 0 Å². The maximum absolute atomic E-state index is 11.8. The second kappa shape index (κ2) is 9.53. The molecule has 4 aromatic rings. The summed E-state index contributed by atoms with van der Waals surface area (Å²) in [5, 5.41) is 11.8. The Kier molecular flexibility index (Phi) is 6.56. The second-order valence-corrected chi connectivity index (χ2v) is 7.82. The number of aliphatic hydroxyl groups excluding tert-OH is 1. The molecule has 4 heteroatoms. The van der Waals surface area contributed by atoms with Gasteiger partial charge in [0.2, 0.25) is 5.79 Å². The van der Waals surface area contributed by atoms with Gasteiger partial charge in [-0.1, -0.05) is 91.0 Å². The minimum absolute atomic E-state index is 0.308. The van der Waals surface area contributed by atoms with E-state index in [1.807, 2.05) is 83.7 Å². The molecule has 0 fully saturated rings. The summed E-state index contributed by atoms with van der Waals surface area (Å²) in [7, 11) is 3.21. The monoisotopic (exact) mass is 427 g/mol. The number of aliphatic hydroxyl groups is 1. The summed E-state index contributed by atoms with van der Waals surface area (Å²) in [5.41, 5.74) is 1.94. The van der Waals surface area contributed by atoms with Crippen LogP contribution in [0, 0.1) is 0 Å². The zero-order chi connectivity index (χ0) is 22.4. The summed E-state index contributed by atoms with van der Waals surface area (Å²) in [6.07, 6.45) is 2.86. The molecule has 0 aliphatic carbocycles. The molecule has 0 saturated heterocycles. The first kappa shape index (κ1) is 22.0. The molecule has 0 saturated carbocycles. The predicted octanol–water partition coefficient (Wildman–Crippen LogP) is 4.87. The summed E-state index contributed by atoms with van der Waals surface area (Å²) in [6, 6.07) is 34.3. The van der Waals surface area contributed by atoms with Crippen molar-refractivity contribution in [3.63, 3.8) is 0 Å². The molecular formula is C28H29NO3. The molecule has 1 N–H and O–H groups in total. The number of hydrogen-bond acceptors (Lipinski definition) is 3. The van der Waals surface area contributed by atoms with Crippen LogP contribution in [0.1, 0.15) is 16.7 Å². The van der Waals surface area contributed by atoms with Crippen molar-refractivity contribution in [2.45, 2.75) is 23.9 Å². The molecule has 4 rings (SSSR count). The number of nitrogens with zero attached hydrogens (tertiary/aromatic N) is 1. The summed E-state index contributed by atoms with van der Waals surface area (Å²) in [6.45, 7) is 0.308. The van der Waals surface area contributed by atoms with E-state index in [9.17, 15) is 5.11 Å². The van der Waals surface area contributed by atoms with Gasteiger partial charge in [-0.2, -0.15) is 0 Å². The molecule has 0 amide bonds. The number of benzene rings is 3.